The molecule has 0 unspecified atom stereocenters. The Balaban J connectivity index is 3.20. The highest BCUT2D eigenvalue weighted by Gasteiger charge is 2.16. The molecule has 17 heavy (non-hydrogen) atoms. The maximum absolute atomic E-state index is 13.9. The van der Waals surface area contributed by atoms with E-state index in [0.29, 0.717) is 12.2 Å². The molecular formula is C14H19FN2. The number of benzene rings is 1. The van der Waals surface area contributed by atoms with Crippen molar-refractivity contribution in [1.82, 2.24) is 0 Å². The lowest BCUT2D eigenvalue weighted by atomic mass is 10.0. The molecule has 1 rings (SSSR count). The van der Waals surface area contributed by atoms with Crippen LogP contribution in [-0.2, 0) is 0 Å². The quantitative estimate of drug-likeness (QED) is 0.794. The average molecular weight is 234 g/mol. The number of hydrogen-bond acceptors (Lipinski definition) is 2. The van der Waals surface area contributed by atoms with Gasteiger partial charge in [-0.15, -0.1) is 6.42 Å². The molecule has 2 N–H and O–H groups in total. The summed E-state index contributed by atoms with van der Waals surface area (Å²) in [6.07, 6.45) is 6.24. The predicted octanol–water partition coefficient (Wildman–Crippen LogP) is 2.70. The maximum Gasteiger partial charge on any atom is 0.146 e. The van der Waals surface area contributed by atoms with Crippen LogP contribution in [0.1, 0.15) is 31.9 Å². The normalized spacial score (nSPS) is 11.9. The lowest BCUT2D eigenvalue weighted by Gasteiger charge is -2.26. The molecule has 0 spiro atoms. The molecule has 1 atom stereocenters. The van der Waals surface area contributed by atoms with Gasteiger partial charge in [0, 0.05) is 12.6 Å². The zero-order valence-corrected chi connectivity index (χ0v) is 10.4. The Bertz CT molecular complexity index is 407. The molecule has 0 fully saturated rings. The third kappa shape index (κ3) is 3.21. The second-order valence-electron chi connectivity index (χ2n) is 4.09. The first kappa shape index (κ1) is 13.5. The van der Waals surface area contributed by atoms with E-state index in [9.17, 15) is 4.39 Å². The van der Waals surface area contributed by atoms with Crippen LogP contribution >= 0.6 is 0 Å². The third-order valence-electron chi connectivity index (χ3n) is 2.60. The lowest BCUT2D eigenvalue weighted by Crippen LogP contribution is -2.27. The fraction of sp³-hybridized carbons (Fsp3) is 0.429. The zero-order chi connectivity index (χ0) is 12.8. The van der Waals surface area contributed by atoms with Crippen molar-refractivity contribution >= 4 is 5.69 Å². The minimum absolute atomic E-state index is 0.210. The molecule has 2 nitrogen and oxygen atoms in total. The van der Waals surface area contributed by atoms with E-state index in [1.165, 1.54) is 6.07 Å². The Labute approximate surface area is 103 Å². The van der Waals surface area contributed by atoms with Crippen LogP contribution in [0.3, 0.4) is 0 Å². The van der Waals surface area contributed by atoms with Gasteiger partial charge in [0.25, 0.3) is 0 Å². The van der Waals surface area contributed by atoms with Crippen LogP contribution in [0.4, 0.5) is 10.1 Å². The first-order valence-corrected chi connectivity index (χ1v) is 5.84. The summed E-state index contributed by atoms with van der Waals surface area (Å²) < 4.78 is 13.9. The van der Waals surface area contributed by atoms with Gasteiger partial charge in [-0.3, -0.25) is 0 Å². The van der Waals surface area contributed by atoms with Crippen molar-refractivity contribution in [2.75, 3.05) is 18.0 Å². The number of rotatable bonds is 5. The van der Waals surface area contributed by atoms with Gasteiger partial charge in [-0.1, -0.05) is 25.0 Å². The van der Waals surface area contributed by atoms with E-state index in [0.717, 1.165) is 18.5 Å². The number of nitrogens with zero attached hydrogens (tertiary/aromatic N) is 1. The number of nitrogens with two attached hydrogens (primary N) is 1. The number of halogens is 1. The van der Waals surface area contributed by atoms with E-state index in [2.05, 4.69) is 5.92 Å². The average Bonchev–Trinajstić information content (AvgIpc) is 2.28. The maximum atomic E-state index is 13.9. The van der Waals surface area contributed by atoms with E-state index in [1.54, 1.807) is 6.07 Å². The van der Waals surface area contributed by atoms with Gasteiger partial charge in [0.1, 0.15) is 5.82 Å². The van der Waals surface area contributed by atoms with E-state index < -0.39 is 0 Å². The standard InChI is InChI=1S/C14H19FN2/c1-4-9-17(10-5-2)14-12(11(3)16)7-6-8-13(14)15/h1,6-8,11H,5,9-10,16H2,2-3H3/t11-/m0/s1. The van der Waals surface area contributed by atoms with E-state index in [4.69, 9.17) is 12.2 Å². The fourth-order valence-electron chi connectivity index (χ4n) is 1.88. The predicted molar refractivity (Wildman–Crippen MR) is 70.3 cm³/mol. The van der Waals surface area contributed by atoms with Gasteiger partial charge in [0.15, 0.2) is 0 Å². The summed E-state index contributed by atoms with van der Waals surface area (Å²) in [5, 5.41) is 0. The molecule has 0 bridgehead atoms. The second kappa shape index (κ2) is 6.27. The highest BCUT2D eigenvalue weighted by atomic mass is 19.1. The van der Waals surface area contributed by atoms with Gasteiger partial charge in [0.2, 0.25) is 0 Å². The van der Waals surface area contributed by atoms with Crippen molar-refractivity contribution in [3.8, 4) is 12.3 Å². The number of para-hydroxylation sites is 1. The first-order valence-electron chi connectivity index (χ1n) is 5.84. The smallest absolute Gasteiger partial charge is 0.146 e. The second-order valence-corrected chi connectivity index (χ2v) is 4.09. The van der Waals surface area contributed by atoms with Gasteiger partial charge in [-0.25, -0.2) is 4.39 Å². The molecule has 1 aromatic rings. The van der Waals surface area contributed by atoms with Crippen molar-refractivity contribution in [1.29, 1.82) is 0 Å². The molecule has 3 heteroatoms. The number of hydrogen-bond donors (Lipinski definition) is 1. The molecular weight excluding hydrogens is 215 g/mol. The van der Waals surface area contributed by atoms with Crippen LogP contribution in [0.5, 0.6) is 0 Å². The molecule has 0 amide bonds. The zero-order valence-electron chi connectivity index (χ0n) is 10.4. The van der Waals surface area contributed by atoms with Crippen molar-refractivity contribution in [2.24, 2.45) is 5.73 Å². The van der Waals surface area contributed by atoms with E-state index in [-0.39, 0.29) is 11.9 Å². The molecule has 0 aromatic heterocycles. The molecule has 0 heterocycles. The van der Waals surface area contributed by atoms with Gasteiger partial charge in [-0.05, 0) is 25.0 Å². The Kier molecular flexibility index (Phi) is 4.99. The minimum Gasteiger partial charge on any atom is -0.358 e. The summed E-state index contributed by atoms with van der Waals surface area (Å²) in [4.78, 5) is 1.87. The van der Waals surface area contributed by atoms with Crippen molar-refractivity contribution in [3.05, 3.63) is 29.6 Å². The van der Waals surface area contributed by atoms with Gasteiger partial charge < -0.3 is 10.6 Å². The van der Waals surface area contributed by atoms with Crippen LogP contribution < -0.4 is 10.6 Å². The highest BCUT2D eigenvalue weighted by Crippen LogP contribution is 2.28. The summed E-state index contributed by atoms with van der Waals surface area (Å²) in [7, 11) is 0. The first-order chi connectivity index (χ1) is 8.11. The highest BCUT2D eigenvalue weighted by molar-refractivity contribution is 5.56. The SMILES string of the molecule is C#CCN(CCC)c1c(F)cccc1[C@H](C)N. The Morgan fingerprint density at radius 3 is 2.76 bits per heavy atom. The van der Waals surface area contributed by atoms with Crippen LogP contribution in [-0.4, -0.2) is 13.1 Å². The van der Waals surface area contributed by atoms with Crippen molar-refractivity contribution in [3.63, 3.8) is 0 Å². The molecule has 0 aliphatic carbocycles. The number of terminal acetylenes is 1. The summed E-state index contributed by atoms with van der Waals surface area (Å²) >= 11 is 0. The van der Waals surface area contributed by atoms with Crippen LogP contribution in [0.15, 0.2) is 18.2 Å². The minimum atomic E-state index is -0.261. The molecule has 0 saturated heterocycles. The van der Waals surface area contributed by atoms with Crippen molar-refractivity contribution < 1.29 is 4.39 Å². The Morgan fingerprint density at radius 1 is 1.53 bits per heavy atom. The van der Waals surface area contributed by atoms with E-state index >= 15 is 0 Å². The molecule has 92 valence electrons. The van der Waals surface area contributed by atoms with Gasteiger partial charge >= 0.3 is 0 Å². The molecule has 0 aliphatic heterocycles. The largest absolute Gasteiger partial charge is 0.358 e. The third-order valence-corrected chi connectivity index (χ3v) is 2.60. The van der Waals surface area contributed by atoms with Crippen LogP contribution in [0.2, 0.25) is 0 Å². The van der Waals surface area contributed by atoms with Crippen LogP contribution in [0.25, 0.3) is 0 Å². The molecule has 0 aliphatic rings. The Hall–Kier alpha value is -1.53. The van der Waals surface area contributed by atoms with E-state index in [1.807, 2.05) is 24.8 Å². The van der Waals surface area contributed by atoms with Gasteiger partial charge in [0.05, 0.1) is 12.2 Å². The monoisotopic (exact) mass is 234 g/mol. The summed E-state index contributed by atoms with van der Waals surface area (Å²) in [6, 6.07) is 4.76. The van der Waals surface area contributed by atoms with Crippen LogP contribution in [0, 0.1) is 18.2 Å². The lowest BCUT2D eigenvalue weighted by molar-refractivity contribution is 0.613. The summed E-state index contributed by atoms with van der Waals surface area (Å²) in [5.41, 5.74) is 7.21. The number of anilines is 1. The molecule has 0 radical (unpaired) electrons. The summed E-state index contributed by atoms with van der Waals surface area (Å²) in [5.74, 6) is 2.30. The Morgan fingerprint density at radius 2 is 2.24 bits per heavy atom. The summed E-state index contributed by atoms with van der Waals surface area (Å²) in [6.45, 7) is 5.01. The fourth-order valence-corrected chi connectivity index (χ4v) is 1.88. The molecule has 1 aromatic carbocycles. The van der Waals surface area contributed by atoms with Crippen molar-refractivity contribution in [2.45, 2.75) is 26.3 Å². The van der Waals surface area contributed by atoms with Gasteiger partial charge in [-0.2, -0.15) is 0 Å². The molecule has 0 saturated carbocycles. The topological polar surface area (TPSA) is 29.3 Å².